The van der Waals surface area contributed by atoms with Crippen molar-refractivity contribution in [1.29, 1.82) is 0 Å². The van der Waals surface area contributed by atoms with E-state index in [9.17, 15) is 9.59 Å². The fraction of sp³-hybridized carbons (Fsp3) is 0.385. The van der Waals surface area contributed by atoms with Crippen molar-refractivity contribution < 1.29 is 14.3 Å². The van der Waals surface area contributed by atoms with Crippen LogP contribution in [0.4, 0.5) is 5.69 Å². The largest absolute Gasteiger partial charge is 0.425 e. The van der Waals surface area contributed by atoms with E-state index in [0.29, 0.717) is 17.9 Å². The van der Waals surface area contributed by atoms with E-state index >= 15 is 0 Å². The van der Waals surface area contributed by atoms with E-state index in [4.69, 9.17) is 10.5 Å². The van der Waals surface area contributed by atoms with E-state index in [-0.39, 0.29) is 5.91 Å². The molecule has 5 nitrogen and oxygen atoms in total. The van der Waals surface area contributed by atoms with Crippen LogP contribution in [0.5, 0.6) is 5.75 Å². The molecule has 19 heavy (non-hydrogen) atoms. The van der Waals surface area contributed by atoms with Crippen LogP contribution in [-0.2, 0) is 9.59 Å². The maximum Gasteiger partial charge on any atom is 0.334 e. The molecule has 0 aromatic heterocycles. The van der Waals surface area contributed by atoms with Gasteiger partial charge in [0.05, 0.1) is 0 Å². The molecule has 1 unspecified atom stereocenters. The molecule has 0 aliphatic heterocycles. The van der Waals surface area contributed by atoms with Crippen LogP contribution in [0.2, 0.25) is 0 Å². The number of carbonyl (C=O) groups excluding carboxylic acids is 2. The summed E-state index contributed by atoms with van der Waals surface area (Å²) in [6.45, 7) is 1.38. The zero-order chi connectivity index (χ0) is 14.3. The quantitative estimate of drug-likeness (QED) is 0.468. The summed E-state index contributed by atoms with van der Waals surface area (Å²) in [4.78, 5) is 23.0. The van der Waals surface area contributed by atoms with Gasteiger partial charge < -0.3 is 15.8 Å². The average molecular weight is 282 g/mol. The summed E-state index contributed by atoms with van der Waals surface area (Å²) in [5.41, 5.74) is 6.15. The number of benzene rings is 1. The second kappa shape index (κ2) is 7.68. The van der Waals surface area contributed by atoms with Gasteiger partial charge in [-0.3, -0.25) is 4.79 Å². The predicted octanol–water partition coefficient (Wildman–Crippen LogP) is 1.43. The number of ether oxygens (including phenoxy) is 1. The van der Waals surface area contributed by atoms with Gasteiger partial charge in [0, 0.05) is 12.6 Å². The highest BCUT2D eigenvalue weighted by Crippen LogP contribution is 2.14. The SMILES string of the molecule is CSCCC(NC(C)=O)C(=O)Oc1ccc(N)cc1. The Morgan fingerprint density at radius 3 is 2.53 bits per heavy atom. The lowest BCUT2D eigenvalue weighted by atomic mass is 10.2. The number of hydrogen-bond donors (Lipinski definition) is 2. The van der Waals surface area contributed by atoms with Crippen LogP contribution in [0.3, 0.4) is 0 Å². The summed E-state index contributed by atoms with van der Waals surface area (Å²) < 4.78 is 5.21. The number of amides is 1. The minimum Gasteiger partial charge on any atom is -0.425 e. The first-order valence-corrected chi connectivity index (χ1v) is 7.25. The standard InChI is InChI=1S/C13H18N2O3S/c1-9(16)15-12(7-8-19-2)13(17)18-11-5-3-10(14)4-6-11/h3-6,12H,7-8,14H2,1-2H3,(H,15,16). The molecule has 1 atom stereocenters. The topological polar surface area (TPSA) is 81.4 Å². The first-order valence-electron chi connectivity index (χ1n) is 5.86. The van der Waals surface area contributed by atoms with Gasteiger partial charge in [0.2, 0.25) is 5.91 Å². The van der Waals surface area contributed by atoms with Gasteiger partial charge in [-0.1, -0.05) is 0 Å². The Labute approximate surface area is 116 Å². The second-order valence-electron chi connectivity index (χ2n) is 4.02. The van der Waals surface area contributed by atoms with Gasteiger partial charge in [-0.15, -0.1) is 0 Å². The van der Waals surface area contributed by atoms with Gasteiger partial charge in [-0.2, -0.15) is 11.8 Å². The third kappa shape index (κ3) is 5.65. The van der Waals surface area contributed by atoms with Crippen LogP contribution in [0.15, 0.2) is 24.3 Å². The fourth-order valence-electron chi connectivity index (χ4n) is 1.45. The molecule has 0 aliphatic carbocycles. The molecule has 6 heteroatoms. The Bertz CT molecular complexity index is 434. The molecular weight excluding hydrogens is 264 g/mol. The molecule has 0 bridgehead atoms. The summed E-state index contributed by atoms with van der Waals surface area (Å²) in [7, 11) is 0. The smallest absolute Gasteiger partial charge is 0.334 e. The van der Waals surface area contributed by atoms with Crippen LogP contribution < -0.4 is 15.8 Å². The van der Waals surface area contributed by atoms with E-state index in [0.717, 1.165) is 5.75 Å². The highest BCUT2D eigenvalue weighted by atomic mass is 32.2. The number of hydrogen-bond acceptors (Lipinski definition) is 5. The Morgan fingerprint density at radius 1 is 1.37 bits per heavy atom. The van der Waals surface area contributed by atoms with Crippen LogP contribution in [0.25, 0.3) is 0 Å². The van der Waals surface area contributed by atoms with Crippen molar-refractivity contribution in [3.8, 4) is 5.75 Å². The van der Waals surface area contributed by atoms with Gasteiger partial charge in [0.15, 0.2) is 0 Å². The number of thioether (sulfide) groups is 1. The Balaban J connectivity index is 2.64. The number of rotatable bonds is 6. The molecule has 1 amide bonds. The zero-order valence-electron chi connectivity index (χ0n) is 11.0. The van der Waals surface area contributed by atoms with Crippen molar-refractivity contribution in [2.75, 3.05) is 17.7 Å². The average Bonchev–Trinajstić information content (AvgIpc) is 2.36. The third-order valence-corrected chi connectivity index (χ3v) is 3.02. The van der Waals surface area contributed by atoms with Gasteiger partial charge in [-0.25, -0.2) is 4.79 Å². The lowest BCUT2D eigenvalue weighted by molar-refractivity contribution is -0.139. The maximum atomic E-state index is 12.0. The summed E-state index contributed by atoms with van der Waals surface area (Å²) in [5.74, 6) is 0.468. The molecule has 0 saturated carbocycles. The lowest BCUT2D eigenvalue weighted by Crippen LogP contribution is -2.42. The molecule has 104 valence electrons. The molecule has 1 aromatic carbocycles. The molecule has 0 saturated heterocycles. The van der Waals surface area contributed by atoms with E-state index in [1.54, 1.807) is 36.0 Å². The molecule has 1 rings (SSSR count). The van der Waals surface area contributed by atoms with Crippen molar-refractivity contribution in [3.63, 3.8) is 0 Å². The molecule has 0 heterocycles. The van der Waals surface area contributed by atoms with Crippen molar-refractivity contribution in [3.05, 3.63) is 24.3 Å². The lowest BCUT2D eigenvalue weighted by Gasteiger charge is -2.16. The van der Waals surface area contributed by atoms with Crippen LogP contribution in [0.1, 0.15) is 13.3 Å². The van der Waals surface area contributed by atoms with Crippen LogP contribution in [0, 0.1) is 0 Å². The van der Waals surface area contributed by atoms with Crippen molar-refractivity contribution in [1.82, 2.24) is 5.32 Å². The van der Waals surface area contributed by atoms with Crippen molar-refractivity contribution in [2.24, 2.45) is 0 Å². The van der Waals surface area contributed by atoms with Gasteiger partial charge in [0.25, 0.3) is 0 Å². The molecule has 0 radical (unpaired) electrons. The predicted molar refractivity (Wildman–Crippen MR) is 77.1 cm³/mol. The van der Waals surface area contributed by atoms with Crippen LogP contribution >= 0.6 is 11.8 Å². The number of carbonyl (C=O) groups is 2. The zero-order valence-corrected chi connectivity index (χ0v) is 11.8. The Hall–Kier alpha value is -1.69. The molecule has 1 aromatic rings. The molecule has 3 N–H and O–H groups in total. The third-order valence-electron chi connectivity index (χ3n) is 2.37. The first kappa shape index (κ1) is 15.4. The molecule has 0 fully saturated rings. The number of anilines is 1. The monoisotopic (exact) mass is 282 g/mol. The Morgan fingerprint density at radius 2 is 2.00 bits per heavy atom. The summed E-state index contributed by atoms with van der Waals surface area (Å²) >= 11 is 1.61. The highest BCUT2D eigenvalue weighted by Gasteiger charge is 2.21. The molecule has 0 spiro atoms. The first-order chi connectivity index (χ1) is 9.02. The molecular formula is C13H18N2O3S. The minimum absolute atomic E-state index is 0.250. The van der Waals surface area contributed by atoms with E-state index < -0.39 is 12.0 Å². The van der Waals surface area contributed by atoms with Crippen molar-refractivity contribution in [2.45, 2.75) is 19.4 Å². The Kier molecular flexibility index (Phi) is 6.21. The van der Waals surface area contributed by atoms with Gasteiger partial charge in [-0.05, 0) is 42.7 Å². The number of nitrogens with two attached hydrogens (primary N) is 1. The summed E-state index contributed by atoms with van der Waals surface area (Å²) in [5, 5.41) is 2.59. The molecule has 0 aliphatic rings. The number of esters is 1. The maximum absolute atomic E-state index is 12.0. The fourth-order valence-corrected chi connectivity index (χ4v) is 1.92. The summed E-state index contributed by atoms with van der Waals surface area (Å²) in [6, 6.07) is 5.91. The second-order valence-corrected chi connectivity index (χ2v) is 5.01. The number of nitrogen functional groups attached to an aromatic ring is 1. The van der Waals surface area contributed by atoms with E-state index in [2.05, 4.69) is 5.32 Å². The van der Waals surface area contributed by atoms with Gasteiger partial charge >= 0.3 is 5.97 Å². The minimum atomic E-state index is -0.623. The van der Waals surface area contributed by atoms with E-state index in [1.807, 2.05) is 6.26 Å². The van der Waals surface area contributed by atoms with Crippen LogP contribution in [-0.4, -0.2) is 29.9 Å². The summed E-state index contributed by atoms with van der Waals surface area (Å²) in [6.07, 6.45) is 2.48. The van der Waals surface area contributed by atoms with Gasteiger partial charge in [0.1, 0.15) is 11.8 Å². The van der Waals surface area contributed by atoms with E-state index in [1.165, 1.54) is 6.92 Å². The van der Waals surface area contributed by atoms with Crippen molar-refractivity contribution >= 4 is 29.3 Å². The number of nitrogens with one attached hydrogen (secondary N) is 1. The normalized spacial score (nSPS) is 11.7. The highest BCUT2D eigenvalue weighted by molar-refractivity contribution is 7.98.